The van der Waals surface area contributed by atoms with Crippen molar-refractivity contribution >= 4 is 5.91 Å². The molecule has 0 bridgehead atoms. The summed E-state index contributed by atoms with van der Waals surface area (Å²) in [6.45, 7) is 0. The Morgan fingerprint density at radius 3 is 2.84 bits per heavy atom. The van der Waals surface area contributed by atoms with Crippen LogP contribution in [0, 0.1) is 11.3 Å². The summed E-state index contributed by atoms with van der Waals surface area (Å²) in [6, 6.07) is 7.14. The lowest BCUT2D eigenvalue weighted by Gasteiger charge is -2.00. The zero-order chi connectivity index (χ0) is 13.8. The molecule has 7 heteroatoms. The van der Waals surface area contributed by atoms with Gasteiger partial charge in [-0.2, -0.15) is 5.26 Å². The fourth-order valence-electron chi connectivity index (χ4n) is 1.62. The molecule has 0 saturated heterocycles. The maximum absolute atomic E-state index is 11.8. The molecule has 2 heterocycles. The van der Waals surface area contributed by atoms with Gasteiger partial charge in [0.05, 0.1) is 7.11 Å². The lowest BCUT2D eigenvalue weighted by molar-refractivity contribution is 0.0960. The Morgan fingerprint density at radius 1 is 1.53 bits per heavy atom. The van der Waals surface area contributed by atoms with Crippen molar-refractivity contribution in [2.75, 3.05) is 14.2 Å². The summed E-state index contributed by atoms with van der Waals surface area (Å²) in [4.78, 5) is 15.9. The number of carbonyl (C=O) groups is 1. The van der Waals surface area contributed by atoms with Gasteiger partial charge in [-0.15, -0.1) is 5.10 Å². The van der Waals surface area contributed by atoms with Gasteiger partial charge in [0.2, 0.25) is 5.88 Å². The lowest BCUT2D eigenvalue weighted by atomic mass is 10.2. The van der Waals surface area contributed by atoms with Gasteiger partial charge >= 0.3 is 0 Å². The maximum atomic E-state index is 11.8. The fourth-order valence-corrected chi connectivity index (χ4v) is 1.62. The first-order valence-electron chi connectivity index (χ1n) is 5.43. The molecule has 0 aliphatic heterocycles. The first-order valence-corrected chi connectivity index (χ1v) is 5.43. The zero-order valence-corrected chi connectivity index (χ0v) is 10.4. The molecule has 0 spiro atoms. The second kappa shape index (κ2) is 5.18. The van der Waals surface area contributed by atoms with Crippen molar-refractivity contribution in [2.24, 2.45) is 0 Å². The van der Waals surface area contributed by atoms with Gasteiger partial charge in [-0.3, -0.25) is 4.79 Å². The van der Waals surface area contributed by atoms with Crippen molar-refractivity contribution in [3.63, 3.8) is 0 Å². The van der Waals surface area contributed by atoms with Gasteiger partial charge in [0.25, 0.3) is 5.91 Å². The van der Waals surface area contributed by atoms with E-state index < -0.39 is 5.91 Å². The van der Waals surface area contributed by atoms with Crippen molar-refractivity contribution in [3.05, 3.63) is 35.7 Å². The Kier molecular flexibility index (Phi) is 3.43. The molecule has 2 rings (SSSR count). The highest BCUT2D eigenvalue weighted by molar-refractivity contribution is 5.98. The van der Waals surface area contributed by atoms with E-state index in [2.05, 4.69) is 15.4 Å². The van der Waals surface area contributed by atoms with Gasteiger partial charge in [0, 0.05) is 13.2 Å². The van der Waals surface area contributed by atoms with E-state index in [1.54, 1.807) is 24.4 Å². The summed E-state index contributed by atoms with van der Waals surface area (Å²) in [6.07, 6.45) is 1.57. The molecule has 1 amide bonds. The highest BCUT2D eigenvalue weighted by Gasteiger charge is 2.25. The summed E-state index contributed by atoms with van der Waals surface area (Å²) in [7, 11) is 2.86. The molecule has 96 valence electrons. The summed E-state index contributed by atoms with van der Waals surface area (Å²) in [5.74, 6) is 0.0876. The number of pyridine rings is 1. The third-order valence-corrected chi connectivity index (χ3v) is 2.47. The van der Waals surface area contributed by atoms with Crippen LogP contribution in [0.2, 0.25) is 0 Å². The van der Waals surface area contributed by atoms with Crippen LogP contribution in [0.25, 0.3) is 5.82 Å². The molecule has 2 aromatic heterocycles. The predicted molar refractivity (Wildman–Crippen MR) is 66.0 cm³/mol. The Morgan fingerprint density at radius 2 is 2.32 bits per heavy atom. The zero-order valence-electron chi connectivity index (χ0n) is 10.4. The normalized spacial score (nSPS) is 9.74. The van der Waals surface area contributed by atoms with E-state index >= 15 is 0 Å². The van der Waals surface area contributed by atoms with Crippen molar-refractivity contribution < 1.29 is 9.53 Å². The third-order valence-electron chi connectivity index (χ3n) is 2.47. The molecule has 0 unspecified atom stereocenters. The van der Waals surface area contributed by atoms with E-state index in [4.69, 9.17) is 4.74 Å². The van der Waals surface area contributed by atoms with Crippen molar-refractivity contribution in [1.82, 2.24) is 20.1 Å². The number of amides is 1. The minimum absolute atomic E-state index is 0.0786. The van der Waals surface area contributed by atoms with Crippen LogP contribution in [-0.4, -0.2) is 34.8 Å². The van der Waals surface area contributed by atoms with Gasteiger partial charge in [-0.05, 0) is 12.1 Å². The molecule has 0 aliphatic carbocycles. The minimum atomic E-state index is -0.435. The number of rotatable bonds is 3. The summed E-state index contributed by atoms with van der Waals surface area (Å²) in [5.41, 5.74) is 0.174. The van der Waals surface area contributed by atoms with Crippen LogP contribution < -0.4 is 10.1 Å². The Balaban J connectivity index is 2.68. The largest absolute Gasteiger partial charge is 0.479 e. The highest BCUT2D eigenvalue weighted by atomic mass is 16.5. The van der Waals surface area contributed by atoms with E-state index in [0.29, 0.717) is 5.82 Å². The van der Waals surface area contributed by atoms with Crippen molar-refractivity contribution in [3.8, 4) is 17.8 Å². The van der Waals surface area contributed by atoms with E-state index in [-0.39, 0.29) is 17.1 Å². The molecule has 0 aromatic carbocycles. The Bertz CT molecular complexity index is 642. The molecule has 7 nitrogen and oxygen atoms in total. The van der Waals surface area contributed by atoms with Crippen molar-refractivity contribution in [2.45, 2.75) is 0 Å². The molecular formula is C12H11N5O2. The van der Waals surface area contributed by atoms with Crippen LogP contribution in [0.15, 0.2) is 24.4 Å². The van der Waals surface area contributed by atoms with E-state index in [0.717, 1.165) is 0 Å². The summed E-state index contributed by atoms with van der Waals surface area (Å²) >= 11 is 0. The minimum Gasteiger partial charge on any atom is -0.479 e. The van der Waals surface area contributed by atoms with Gasteiger partial charge < -0.3 is 10.1 Å². The smallest absolute Gasteiger partial charge is 0.259 e. The maximum Gasteiger partial charge on any atom is 0.259 e. The van der Waals surface area contributed by atoms with Crippen LogP contribution >= 0.6 is 0 Å². The standard InChI is InChI=1S/C12H11N5O2/c1-14-11(18)10-8(7-13)17(16-12(10)19-2)9-5-3-4-6-15-9/h3-6H,1-2H3,(H,14,18). The number of hydrogen-bond acceptors (Lipinski definition) is 5. The second-order valence-electron chi connectivity index (χ2n) is 3.52. The van der Waals surface area contributed by atoms with Gasteiger partial charge in [-0.1, -0.05) is 6.07 Å². The topological polar surface area (TPSA) is 92.8 Å². The molecule has 0 aliphatic rings. The molecule has 0 atom stereocenters. The quantitative estimate of drug-likeness (QED) is 0.864. The van der Waals surface area contributed by atoms with Gasteiger partial charge in [-0.25, -0.2) is 9.67 Å². The number of nitrogens with zero attached hydrogens (tertiary/aromatic N) is 4. The SMILES string of the molecule is CNC(=O)c1c(OC)nn(-c2ccccn2)c1C#N. The van der Waals surface area contributed by atoms with E-state index in [1.807, 2.05) is 6.07 Å². The number of methoxy groups -OCH3 is 1. The molecule has 1 N–H and O–H groups in total. The number of aromatic nitrogens is 3. The average Bonchev–Trinajstić information content (AvgIpc) is 2.85. The average molecular weight is 257 g/mol. The number of carbonyl (C=O) groups excluding carboxylic acids is 1. The first-order chi connectivity index (χ1) is 9.22. The number of hydrogen-bond donors (Lipinski definition) is 1. The third kappa shape index (κ3) is 2.11. The fraction of sp³-hybridized carbons (Fsp3) is 0.167. The van der Waals surface area contributed by atoms with Crippen molar-refractivity contribution in [1.29, 1.82) is 5.26 Å². The van der Waals surface area contributed by atoms with E-state index in [9.17, 15) is 10.1 Å². The monoisotopic (exact) mass is 257 g/mol. The molecule has 0 fully saturated rings. The van der Waals surface area contributed by atoms with Gasteiger partial charge in [0.1, 0.15) is 11.6 Å². The summed E-state index contributed by atoms with van der Waals surface area (Å²) < 4.78 is 6.32. The van der Waals surface area contributed by atoms with E-state index in [1.165, 1.54) is 18.8 Å². The summed E-state index contributed by atoms with van der Waals surface area (Å²) in [5, 5.41) is 15.8. The molecule has 19 heavy (non-hydrogen) atoms. The van der Waals surface area contributed by atoms with Crippen LogP contribution in [0.1, 0.15) is 16.1 Å². The van der Waals surface area contributed by atoms with Crippen LogP contribution in [-0.2, 0) is 0 Å². The highest BCUT2D eigenvalue weighted by Crippen LogP contribution is 2.23. The van der Waals surface area contributed by atoms with Gasteiger partial charge in [0.15, 0.2) is 11.5 Å². The molecular weight excluding hydrogens is 246 g/mol. The predicted octanol–water partition coefficient (Wildman–Crippen LogP) is 0.507. The Hall–Kier alpha value is -2.88. The lowest BCUT2D eigenvalue weighted by Crippen LogP contribution is -2.19. The first kappa shape index (κ1) is 12.6. The van der Waals surface area contributed by atoms with Crippen LogP contribution in [0.4, 0.5) is 0 Å². The van der Waals surface area contributed by atoms with Crippen LogP contribution in [0.3, 0.4) is 0 Å². The molecule has 2 aromatic rings. The molecule has 0 saturated carbocycles. The second-order valence-corrected chi connectivity index (χ2v) is 3.52. The Labute approximate surface area is 109 Å². The van der Waals surface area contributed by atoms with Crippen LogP contribution in [0.5, 0.6) is 5.88 Å². The number of nitriles is 1. The molecule has 0 radical (unpaired) electrons. The number of nitrogens with one attached hydrogen (secondary N) is 1. The number of ether oxygens (including phenoxy) is 1.